The molecule has 0 fully saturated rings. The van der Waals surface area contributed by atoms with Crippen LogP contribution in [-0.4, -0.2) is 40.1 Å². The van der Waals surface area contributed by atoms with Crippen molar-refractivity contribution in [1.82, 2.24) is 19.4 Å². The van der Waals surface area contributed by atoms with Gasteiger partial charge in [0.15, 0.2) is 5.78 Å². The molecule has 0 saturated heterocycles. The quantitative estimate of drug-likeness (QED) is 0.307. The number of thioether (sulfide) groups is 1. The van der Waals surface area contributed by atoms with E-state index in [9.17, 15) is 9.59 Å². The molecule has 0 radical (unpaired) electrons. The van der Waals surface area contributed by atoms with Gasteiger partial charge >= 0.3 is 6.03 Å². The second kappa shape index (κ2) is 9.29. The predicted octanol–water partition coefficient (Wildman–Crippen LogP) is 5.73. The Hall–Kier alpha value is -4.30. The molecule has 1 atom stereocenters. The Labute approximate surface area is 218 Å². The molecule has 5 aromatic rings. The number of aromatic nitrogens is 3. The van der Waals surface area contributed by atoms with Crippen molar-refractivity contribution >= 4 is 34.5 Å². The summed E-state index contributed by atoms with van der Waals surface area (Å²) in [6.45, 7) is 0. The largest absolute Gasteiger partial charge is 0.497 e. The standard InChI is InChI=1S/C29H24N4O3S/c1-30-29(35)33-16-24(22-10-7-19(14-25(22)33)18-5-8-21(36-2)9-6-18)27(34)23-11-13-32-26(23)17-37-28(32)20-4-3-12-31-15-20/h3-16,28H,17H2,1-2H3,(H,30,35). The number of carbonyl (C=O) groups excluding carboxylic acids is 2. The molecular weight excluding hydrogens is 484 g/mol. The maximum atomic E-state index is 13.9. The lowest BCUT2D eigenvalue weighted by molar-refractivity contribution is 0.103. The topological polar surface area (TPSA) is 78.2 Å². The van der Waals surface area contributed by atoms with Gasteiger partial charge in [0.2, 0.25) is 0 Å². The van der Waals surface area contributed by atoms with Gasteiger partial charge < -0.3 is 14.6 Å². The summed E-state index contributed by atoms with van der Waals surface area (Å²) in [6, 6.07) is 19.2. The zero-order valence-corrected chi connectivity index (χ0v) is 21.2. The van der Waals surface area contributed by atoms with E-state index in [1.54, 1.807) is 38.3 Å². The number of benzene rings is 2. The van der Waals surface area contributed by atoms with Crippen LogP contribution in [0.5, 0.6) is 5.75 Å². The fourth-order valence-electron chi connectivity index (χ4n) is 4.88. The van der Waals surface area contributed by atoms with Crippen LogP contribution in [0, 0.1) is 0 Å². The highest BCUT2D eigenvalue weighted by Crippen LogP contribution is 2.42. The minimum absolute atomic E-state index is 0.0875. The van der Waals surface area contributed by atoms with E-state index in [1.165, 1.54) is 4.57 Å². The molecule has 1 amide bonds. The molecule has 1 aliphatic heterocycles. The Balaban J connectivity index is 1.42. The van der Waals surface area contributed by atoms with E-state index in [-0.39, 0.29) is 17.2 Å². The van der Waals surface area contributed by atoms with Crippen LogP contribution in [0.1, 0.15) is 32.6 Å². The van der Waals surface area contributed by atoms with E-state index < -0.39 is 0 Å². The third kappa shape index (κ3) is 3.90. The number of hydrogen-bond donors (Lipinski definition) is 1. The highest BCUT2D eigenvalue weighted by Gasteiger charge is 2.30. The average Bonchev–Trinajstić information content (AvgIpc) is 3.66. The lowest BCUT2D eigenvalue weighted by Crippen LogP contribution is -2.23. The van der Waals surface area contributed by atoms with Crippen molar-refractivity contribution in [3.63, 3.8) is 0 Å². The van der Waals surface area contributed by atoms with Gasteiger partial charge in [0.05, 0.1) is 12.6 Å². The number of nitrogens with zero attached hydrogens (tertiary/aromatic N) is 3. The third-order valence-corrected chi connectivity index (χ3v) is 8.03. The molecule has 8 heteroatoms. The Bertz CT molecular complexity index is 1640. The van der Waals surface area contributed by atoms with Gasteiger partial charge in [-0.3, -0.25) is 14.3 Å². The first-order valence-corrected chi connectivity index (χ1v) is 12.9. The van der Waals surface area contributed by atoms with Gasteiger partial charge in [0, 0.05) is 65.4 Å². The Kier molecular flexibility index (Phi) is 5.81. The summed E-state index contributed by atoms with van der Waals surface area (Å²) < 4.78 is 8.93. The van der Waals surface area contributed by atoms with Gasteiger partial charge in [-0.1, -0.05) is 30.3 Å². The van der Waals surface area contributed by atoms with Gasteiger partial charge in [0.1, 0.15) is 11.1 Å². The molecule has 3 aromatic heterocycles. The zero-order chi connectivity index (χ0) is 25.5. The van der Waals surface area contributed by atoms with Crippen molar-refractivity contribution in [2.45, 2.75) is 11.1 Å². The number of ether oxygens (including phenoxy) is 1. The molecule has 37 heavy (non-hydrogen) atoms. The molecule has 0 saturated carbocycles. The molecule has 2 aromatic carbocycles. The number of pyridine rings is 1. The zero-order valence-electron chi connectivity index (χ0n) is 20.3. The average molecular weight is 509 g/mol. The van der Waals surface area contributed by atoms with Crippen LogP contribution in [0.15, 0.2) is 85.5 Å². The van der Waals surface area contributed by atoms with E-state index in [0.717, 1.165) is 39.3 Å². The number of hydrogen-bond acceptors (Lipinski definition) is 5. The second-order valence-electron chi connectivity index (χ2n) is 8.79. The Morgan fingerprint density at radius 2 is 1.86 bits per heavy atom. The molecule has 0 spiro atoms. The van der Waals surface area contributed by atoms with Crippen LogP contribution in [0.2, 0.25) is 0 Å². The molecular formula is C29H24N4O3S. The van der Waals surface area contributed by atoms with Crippen molar-refractivity contribution in [3.8, 4) is 16.9 Å². The van der Waals surface area contributed by atoms with E-state index in [2.05, 4.69) is 20.9 Å². The number of amides is 1. The number of carbonyl (C=O) groups is 2. The number of methoxy groups -OCH3 is 1. The summed E-state index contributed by atoms with van der Waals surface area (Å²) in [6.07, 6.45) is 7.25. The first-order valence-electron chi connectivity index (χ1n) is 11.9. The number of nitrogens with one attached hydrogen (secondary N) is 1. The molecule has 4 heterocycles. The van der Waals surface area contributed by atoms with Crippen molar-refractivity contribution in [1.29, 1.82) is 0 Å². The minimum atomic E-state index is -0.301. The van der Waals surface area contributed by atoms with Crippen LogP contribution >= 0.6 is 11.8 Å². The molecule has 184 valence electrons. The molecule has 1 aliphatic rings. The van der Waals surface area contributed by atoms with Crippen molar-refractivity contribution in [3.05, 3.63) is 108 Å². The maximum absolute atomic E-state index is 13.9. The smallest absolute Gasteiger partial charge is 0.325 e. The first-order chi connectivity index (χ1) is 18.1. The Morgan fingerprint density at radius 1 is 1.05 bits per heavy atom. The lowest BCUT2D eigenvalue weighted by atomic mass is 10.00. The molecule has 7 nitrogen and oxygen atoms in total. The number of fused-ring (bicyclic) bond motifs is 2. The van der Waals surface area contributed by atoms with Crippen molar-refractivity contribution < 1.29 is 14.3 Å². The fraction of sp³-hybridized carbons (Fsp3) is 0.138. The van der Waals surface area contributed by atoms with Crippen LogP contribution in [0.25, 0.3) is 22.0 Å². The number of rotatable bonds is 5. The lowest BCUT2D eigenvalue weighted by Gasteiger charge is -2.11. The van der Waals surface area contributed by atoms with Gasteiger partial charge in [-0.15, -0.1) is 11.8 Å². The monoisotopic (exact) mass is 508 g/mol. The van der Waals surface area contributed by atoms with Crippen LogP contribution in [-0.2, 0) is 5.75 Å². The van der Waals surface area contributed by atoms with Crippen LogP contribution in [0.4, 0.5) is 4.79 Å². The summed E-state index contributed by atoms with van der Waals surface area (Å²) >= 11 is 1.77. The predicted molar refractivity (Wildman–Crippen MR) is 145 cm³/mol. The van der Waals surface area contributed by atoms with Gasteiger partial charge in [-0.2, -0.15) is 0 Å². The summed E-state index contributed by atoms with van der Waals surface area (Å²) in [4.78, 5) is 30.9. The Morgan fingerprint density at radius 3 is 2.59 bits per heavy atom. The van der Waals surface area contributed by atoms with Crippen LogP contribution in [0.3, 0.4) is 0 Å². The van der Waals surface area contributed by atoms with Gasteiger partial charge in [0.25, 0.3) is 0 Å². The number of ketones is 1. The van der Waals surface area contributed by atoms with E-state index in [1.807, 2.05) is 67.0 Å². The molecule has 0 aliphatic carbocycles. The fourth-order valence-corrected chi connectivity index (χ4v) is 6.19. The van der Waals surface area contributed by atoms with E-state index >= 15 is 0 Å². The highest BCUT2D eigenvalue weighted by atomic mass is 32.2. The SMILES string of the molecule is CNC(=O)n1cc(C(=O)c2ccn3c2CSC3c2cccnc2)c2ccc(-c3ccc(OC)cc3)cc21. The van der Waals surface area contributed by atoms with Crippen LogP contribution < -0.4 is 10.1 Å². The molecule has 1 N–H and O–H groups in total. The maximum Gasteiger partial charge on any atom is 0.325 e. The second-order valence-corrected chi connectivity index (χ2v) is 9.86. The summed E-state index contributed by atoms with van der Waals surface area (Å²) in [5.74, 6) is 1.41. The third-order valence-electron chi connectivity index (χ3n) is 6.78. The summed E-state index contributed by atoms with van der Waals surface area (Å²) in [5.41, 5.74) is 5.86. The van der Waals surface area contributed by atoms with Gasteiger partial charge in [-0.25, -0.2) is 4.79 Å². The van der Waals surface area contributed by atoms with Crippen molar-refractivity contribution in [2.75, 3.05) is 14.2 Å². The first kappa shape index (κ1) is 23.1. The molecule has 1 unspecified atom stereocenters. The van der Waals surface area contributed by atoms with E-state index in [0.29, 0.717) is 16.6 Å². The summed E-state index contributed by atoms with van der Waals surface area (Å²) in [7, 11) is 3.22. The highest BCUT2D eigenvalue weighted by molar-refractivity contribution is 7.99. The van der Waals surface area contributed by atoms with Crippen molar-refractivity contribution in [2.24, 2.45) is 0 Å². The van der Waals surface area contributed by atoms with E-state index in [4.69, 9.17) is 4.74 Å². The van der Waals surface area contributed by atoms with Gasteiger partial charge in [-0.05, 0) is 41.5 Å². The summed E-state index contributed by atoms with van der Waals surface area (Å²) in [5, 5.41) is 3.51. The minimum Gasteiger partial charge on any atom is -0.497 e. The molecule has 6 rings (SSSR count). The molecule has 0 bridgehead atoms. The normalized spacial score (nSPS) is 14.5.